The van der Waals surface area contributed by atoms with Gasteiger partial charge in [-0.2, -0.15) is 8.78 Å². The Kier molecular flexibility index (Phi) is 0.650. The fourth-order valence-corrected chi connectivity index (χ4v) is 0.251. The number of halogens is 2. The van der Waals surface area contributed by atoms with Crippen molar-refractivity contribution in [3.05, 3.63) is 11.7 Å². The highest BCUT2D eigenvalue weighted by Crippen LogP contribution is 2.32. The van der Waals surface area contributed by atoms with Gasteiger partial charge in [-0.1, -0.05) is 0 Å². The fourth-order valence-electron chi connectivity index (χ4n) is 0.251. The summed E-state index contributed by atoms with van der Waals surface area (Å²) in [5.74, 6) is 0. The minimum atomic E-state index is -1.46. The van der Waals surface area contributed by atoms with Gasteiger partial charge in [0.1, 0.15) is 0 Å². The maximum absolute atomic E-state index is 11.1. The van der Waals surface area contributed by atoms with E-state index < -0.39 is 6.08 Å². The number of allylic oxidation sites excluding steroid dienone is 1. The molecule has 0 heterocycles. The first-order valence-electron chi connectivity index (χ1n) is 1.84. The smallest absolute Gasteiger partial charge is 0.173 e. The minimum Gasteiger partial charge on any atom is -0.173 e. The van der Waals surface area contributed by atoms with Gasteiger partial charge in [-0.15, -0.1) is 0 Å². The van der Waals surface area contributed by atoms with Gasteiger partial charge in [0.25, 0.3) is 6.08 Å². The van der Waals surface area contributed by atoms with Gasteiger partial charge < -0.3 is 0 Å². The van der Waals surface area contributed by atoms with Gasteiger partial charge in [-0.05, 0) is 18.4 Å². The Labute approximate surface area is 34.5 Å². The molecule has 1 aliphatic carbocycles. The van der Waals surface area contributed by atoms with Gasteiger partial charge in [0.2, 0.25) is 0 Å². The average Bonchev–Trinajstić information content (AvgIpc) is 2.06. The largest absolute Gasteiger partial charge is 0.269 e. The number of hydrogen-bond acceptors (Lipinski definition) is 0. The van der Waals surface area contributed by atoms with E-state index in [0.717, 1.165) is 0 Å². The number of hydrogen-bond donors (Lipinski definition) is 0. The van der Waals surface area contributed by atoms with Crippen molar-refractivity contribution in [2.75, 3.05) is 0 Å². The van der Waals surface area contributed by atoms with Crippen LogP contribution in [-0.4, -0.2) is 0 Å². The second-order valence-corrected chi connectivity index (χ2v) is 1.36. The van der Waals surface area contributed by atoms with Crippen molar-refractivity contribution in [3.8, 4) is 0 Å². The predicted molar refractivity (Wildman–Crippen MR) is 18.5 cm³/mol. The lowest BCUT2D eigenvalue weighted by Crippen LogP contribution is -1.48. The minimum absolute atomic E-state index is 0.343. The lowest BCUT2D eigenvalue weighted by molar-refractivity contribution is 0.417. The van der Waals surface area contributed by atoms with Crippen LogP contribution < -0.4 is 0 Å². The summed E-state index contributed by atoms with van der Waals surface area (Å²) in [4.78, 5) is 0. The molecule has 0 saturated heterocycles. The molecule has 1 saturated carbocycles. The first kappa shape index (κ1) is 3.78. The molecular weight excluding hydrogens is 86.0 g/mol. The van der Waals surface area contributed by atoms with Crippen LogP contribution in [0.15, 0.2) is 11.7 Å². The van der Waals surface area contributed by atoms with E-state index in [1.807, 2.05) is 0 Å². The summed E-state index contributed by atoms with van der Waals surface area (Å²) in [6.07, 6.45) is -0.208. The second kappa shape index (κ2) is 1.03. The first-order chi connectivity index (χ1) is 2.80. The zero-order valence-electron chi connectivity index (χ0n) is 3.17. The molecule has 0 bridgehead atoms. The van der Waals surface area contributed by atoms with E-state index in [1.54, 1.807) is 0 Å². The quantitative estimate of drug-likeness (QED) is 0.426. The Morgan fingerprint density at radius 3 is 1.83 bits per heavy atom. The molecule has 2 heteroatoms. The highest BCUT2D eigenvalue weighted by atomic mass is 19.3. The monoisotopic (exact) mass is 90.0 g/mol. The van der Waals surface area contributed by atoms with Crippen LogP contribution in [0.3, 0.4) is 0 Å². The van der Waals surface area contributed by atoms with Gasteiger partial charge in [-0.3, -0.25) is 0 Å². The Bertz CT molecular complexity index is 83.7. The van der Waals surface area contributed by atoms with Crippen LogP contribution in [0.25, 0.3) is 0 Å². The van der Waals surface area contributed by atoms with Crippen LogP contribution >= 0.6 is 0 Å². The third kappa shape index (κ3) is 0.559. The SMILES string of the molecule is FC(F)=C1CC1. The molecule has 34 valence electrons. The molecule has 0 aliphatic heterocycles. The topological polar surface area (TPSA) is 0 Å². The van der Waals surface area contributed by atoms with Crippen LogP contribution in [0.2, 0.25) is 0 Å². The molecular formula is C4H4F2. The zero-order chi connectivity index (χ0) is 4.57. The van der Waals surface area contributed by atoms with Gasteiger partial charge >= 0.3 is 0 Å². The lowest BCUT2D eigenvalue weighted by atomic mass is 10.7. The van der Waals surface area contributed by atoms with E-state index in [4.69, 9.17) is 0 Å². The van der Waals surface area contributed by atoms with Gasteiger partial charge in [0, 0.05) is 0 Å². The fraction of sp³-hybridized carbons (Fsp3) is 0.500. The highest BCUT2D eigenvalue weighted by molar-refractivity contribution is 5.16. The molecule has 1 rings (SSSR count). The van der Waals surface area contributed by atoms with E-state index in [9.17, 15) is 8.78 Å². The molecule has 1 aliphatic rings. The molecule has 0 unspecified atom stereocenters. The summed E-state index contributed by atoms with van der Waals surface area (Å²) < 4.78 is 22.2. The maximum atomic E-state index is 11.1. The van der Waals surface area contributed by atoms with Crippen LogP contribution in [-0.2, 0) is 0 Å². The lowest BCUT2D eigenvalue weighted by Gasteiger charge is -1.65. The van der Waals surface area contributed by atoms with E-state index >= 15 is 0 Å². The number of rotatable bonds is 0. The Balaban J connectivity index is 2.61. The van der Waals surface area contributed by atoms with Gasteiger partial charge in [-0.25, -0.2) is 0 Å². The normalized spacial score (nSPS) is 18.0. The van der Waals surface area contributed by atoms with E-state index in [-0.39, 0.29) is 0 Å². The van der Waals surface area contributed by atoms with Crippen molar-refractivity contribution >= 4 is 0 Å². The molecule has 0 atom stereocenters. The van der Waals surface area contributed by atoms with Crippen molar-refractivity contribution in [3.63, 3.8) is 0 Å². The molecule has 0 nitrogen and oxygen atoms in total. The highest BCUT2D eigenvalue weighted by Gasteiger charge is 2.17. The van der Waals surface area contributed by atoms with Crippen LogP contribution in [0.1, 0.15) is 12.8 Å². The van der Waals surface area contributed by atoms with E-state index in [0.29, 0.717) is 18.4 Å². The molecule has 0 radical (unpaired) electrons. The van der Waals surface area contributed by atoms with Crippen molar-refractivity contribution in [1.82, 2.24) is 0 Å². The summed E-state index contributed by atoms with van der Waals surface area (Å²) >= 11 is 0. The Morgan fingerprint density at radius 2 is 1.83 bits per heavy atom. The predicted octanol–water partition coefficient (Wildman–Crippen LogP) is 1.93. The van der Waals surface area contributed by atoms with E-state index in [2.05, 4.69) is 0 Å². The standard InChI is InChI=1S/C4H4F2/c5-4(6)3-1-2-3/h1-2H2. The molecule has 6 heavy (non-hydrogen) atoms. The van der Waals surface area contributed by atoms with Crippen LogP contribution in [0, 0.1) is 0 Å². The van der Waals surface area contributed by atoms with Gasteiger partial charge in [0.15, 0.2) is 0 Å². The molecule has 0 aromatic heterocycles. The Hall–Kier alpha value is -0.400. The van der Waals surface area contributed by atoms with Crippen LogP contribution in [0.5, 0.6) is 0 Å². The zero-order valence-corrected chi connectivity index (χ0v) is 3.17. The summed E-state index contributed by atoms with van der Waals surface area (Å²) in [5, 5.41) is 0. The molecule has 1 fully saturated rings. The second-order valence-electron chi connectivity index (χ2n) is 1.36. The molecule has 0 amide bonds. The van der Waals surface area contributed by atoms with E-state index in [1.165, 1.54) is 0 Å². The van der Waals surface area contributed by atoms with Crippen molar-refractivity contribution in [2.45, 2.75) is 12.8 Å². The first-order valence-corrected chi connectivity index (χ1v) is 1.84. The summed E-state index contributed by atoms with van der Waals surface area (Å²) in [6, 6.07) is 0. The molecule has 0 spiro atoms. The summed E-state index contributed by atoms with van der Waals surface area (Å²) in [5.41, 5.74) is 0.343. The summed E-state index contributed by atoms with van der Waals surface area (Å²) in [7, 11) is 0. The third-order valence-corrected chi connectivity index (χ3v) is 0.767. The van der Waals surface area contributed by atoms with Crippen molar-refractivity contribution in [2.24, 2.45) is 0 Å². The average molecular weight is 90.1 g/mol. The molecule has 0 aromatic rings. The van der Waals surface area contributed by atoms with Gasteiger partial charge in [0.05, 0.1) is 0 Å². The van der Waals surface area contributed by atoms with Crippen LogP contribution in [0.4, 0.5) is 8.78 Å². The Morgan fingerprint density at radius 1 is 1.33 bits per heavy atom. The van der Waals surface area contributed by atoms with Crippen molar-refractivity contribution < 1.29 is 8.78 Å². The molecule has 0 aromatic carbocycles. The summed E-state index contributed by atoms with van der Waals surface area (Å²) in [6.45, 7) is 0. The maximum Gasteiger partial charge on any atom is 0.269 e. The molecule has 0 N–H and O–H groups in total. The third-order valence-electron chi connectivity index (χ3n) is 0.767. The van der Waals surface area contributed by atoms with Crippen molar-refractivity contribution in [1.29, 1.82) is 0 Å².